The Hall–Kier alpha value is -0.870. The number of aryl methyl sites for hydroxylation is 1. The summed E-state index contributed by atoms with van der Waals surface area (Å²) in [5, 5.41) is 8.04. The highest BCUT2D eigenvalue weighted by molar-refractivity contribution is 4.99. The second-order valence-electron chi connectivity index (χ2n) is 5.07. The summed E-state index contributed by atoms with van der Waals surface area (Å²) in [4.78, 5) is 0. The van der Waals surface area contributed by atoms with Crippen molar-refractivity contribution in [1.82, 2.24) is 15.1 Å². The fraction of sp³-hybridized carbons (Fsp3) is 0.769. The van der Waals surface area contributed by atoms with E-state index in [1.807, 2.05) is 17.9 Å². The zero-order chi connectivity index (χ0) is 12.1. The van der Waals surface area contributed by atoms with Crippen LogP contribution in [0.25, 0.3) is 0 Å². The fourth-order valence-electron chi connectivity index (χ4n) is 2.74. The molecule has 0 radical (unpaired) electrons. The van der Waals surface area contributed by atoms with Crippen LogP contribution in [-0.2, 0) is 13.5 Å². The summed E-state index contributed by atoms with van der Waals surface area (Å²) in [5.74, 6) is 0.674. The van der Waals surface area contributed by atoms with Gasteiger partial charge in [0.1, 0.15) is 0 Å². The molecule has 1 aromatic rings. The Labute approximate surface area is 104 Å². The summed E-state index contributed by atoms with van der Waals surface area (Å²) in [6.07, 6.45) is 8.27. The summed E-state index contributed by atoms with van der Waals surface area (Å²) in [6, 6.07) is 2.71. The first-order valence-electron chi connectivity index (χ1n) is 6.71. The van der Waals surface area contributed by atoms with Gasteiger partial charge in [-0.15, -0.1) is 0 Å². The van der Waals surface area contributed by atoms with E-state index in [0.29, 0.717) is 12.0 Å². The minimum atomic E-state index is 0.623. The van der Waals surface area contributed by atoms with Gasteiger partial charge in [0.05, 0.1) is 5.69 Å². The first-order valence-corrected chi connectivity index (χ1v) is 6.71. The summed E-state index contributed by atoms with van der Waals surface area (Å²) in [6.45, 7) is 1.83. The maximum atomic E-state index is 5.82. The van der Waals surface area contributed by atoms with Crippen molar-refractivity contribution >= 4 is 0 Å². The van der Waals surface area contributed by atoms with E-state index >= 15 is 0 Å². The van der Waals surface area contributed by atoms with Gasteiger partial charge in [0.2, 0.25) is 0 Å². The minimum Gasteiger partial charge on any atom is -0.330 e. The van der Waals surface area contributed by atoms with Crippen molar-refractivity contribution < 1.29 is 0 Å². The first kappa shape index (κ1) is 12.6. The van der Waals surface area contributed by atoms with E-state index in [1.54, 1.807) is 0 Å². The average molecular weight is 236 g/mol. The molecule has 17 heavy (non-hydrogen) atoms. The Morgan fingerprint density at radius 3 is 3.00 bits per heavy atom. The highest BCUT2D eigenvalue weighted by Gasteiger charge is 2.22. The summed E-state index contributed by atoms with van der Waals surface area (Å²) in [7, 11) is 1.96. The van der Waals surface area contributed by atoms with E-state index in [2.05, 4.69) is 16.5 Å². The molecule has 1 heterocycles. The number of hydrogen-bond acceptors (Lipinski definition) is 3. The molecule has 2 rings (SSSR count). The molecule has 4 heteroatoms. The molecule has 0 spiro atoms. The maximum Gasteiger partial charge on any atom is 0.0637 e. The molecule has 1 aliphatic carbocycles. The lowest BCUT2D eigenvalue weighted by Gasteiger charge is -2.31. The lowest BCUT2D eigenvalue weighted by Crippen LogP contribution is -2.42. The third-order valence-corrected chi connectivity index (χ3v) is 3.77. The van der Waals surface area contributed by atoms with Gasteiger partial charge in [0.15, 0.2) is 0 Å². The number of rotatable bonds is 5. The predicted octanol–water partition coefficient (Wildman–Crippen LogP) is 1.07. The largest absolute Gasteiger partial charge is 0.330 e. The van der Waals surface area contributed by atoms with Crippen LogP contribution in [0.4, 0.5) is 0 Å². The van der Waals surface area contributed by atoms with Gasteiger partial charge in [-0.1, -0.05) is 12.8 Å². The van der Waals surface area contributed by atoms with E-state index < -0.39 is 0 Å². The molecule has 96 valence electrons. The van der Waals surface area contributed by atoms with Crippen molar-refractivity contribution in [2.75, 3.05) is 13.1 Å². The van der Waals surface area contributed by atoms with Crippen LogP contribution >= 0.6 is 0 Å². The van der Waals surface area contributed by atoms with Gasteiger partial charge >= 0.3 is 0 Å². The molecule has 3 N–H and O–H groups in total. The van der Waals surface area contributed by atoms with Gasteiger partial charge in [-0.3, -0.25) is 4.68 Å². The lowest BCUT2D eigenvalue weighted by atomic mass is 9.84. The van der Waals surface area contributed by atoms with Crippen molar-refractivity contribution in [3.63, 3.8) is 0 Å². The van der Waals surface area contributed by atoms with Gasteiger partial charge in [-0.2, -0.15) is 5.10 Å². The quantitative estimate of drug-likeness (QED) is 0.804. The van der Waals surface area contributed by atoms with Crippen LogP contribution in [0.5, 0.6) is 0 Å². The molecular formula is C13H24N4. The normalized spacial score (nSPS) is 25.1. The van der Waals surface area contributed by atoms with Crippen molar-refractivity contribution in [3.8, 4) is 0 Å². The second kappa shape index (κ2) is 6.17. The molecule has 1 aromatic heterocycles. The van der Waals surface area contributed by atoms with Gasteiger partial charge in [-0.25, -0.2) is 0 Å². The highest BCUT2D eigenvalue weighted by Crippen LogP contribution is 2.23. The number of nitrogens with zero attached hydrogens (tertiary/aromatic N) is 2. The predicted molar refractivity (Wildman–Crippen MR) is 69.7 cm³/mol. The Balaban J connectivity index is 1.73. The van der Waals surface area contributed by atoms with Gasteiger partial charge < -0.3 is 11.1 Å². The number of nitrogens with two attached hydrogens (primary N) is 1. The molecule has 0 amide bonds. The van der Waals surface area contributed by atoms with E-state index in [1.165, 1.54) is 31.4 Å². The highest BCUT2D eigenvalue weighted by atomic mass is 15.2. The van der Waals surface area contributed by atoms with Crippen molar-refractivity contribution in [2.45, 2.75) is 38.1 Å². The van der Waals surface area contributed by atoms with Crippen LogP contribution in [0.2, 0.25) is 0 Å². The van der Waals surface area contributed by atoms with E-state index in [9.17, 15) is 0 Å². The van der Waals surface area contributed by atoms with Gasteiger partial charge in [0.25, 0.3) is 0 Å². The van der Waals surface area contributed by atoms with Crippen LogP contribution in [0.1, 0.15) is 31.4 Å². The van der Waals surface area contributed by atoms with E-state index in [4.69, 9.17) is 5.73 Å². The monoisotopic (exact) mass is 236 g/mol. The molecule has 0 aromatic carbocycles. The average Bonchev–Trinajstić information content (AvgIpc) is 2.76. The molecule has 1 saturated carbocycles. The van der Waals surface area contributed by atoms with Crippen LogP contribution in [-0.4, -0.2) is 28.9 Å². The molecule has 0 aliphatic heterocycles. The second-order valence-corrected chi connectivity index (χ2v) is 5.07. The molecule has 1 fully saturated rings. The Morgan fingerprint density at radius 1 is 1.47 bits per heavy atom. The summed E-state index contributed by atoms with van der Waals surface area (Å²) < 4.78 is 1.86. The first-order chi connectivity index (χ1) is 8.29. The smallest absolute Gasteiger partial charge is 0.0637 e. The van der Waals surface area contributed by atoms with Gasteiger partial charge in [0, 0.05) is 32.3 Å². The molecule has 0 bridgehead atoms. The molecule has 4 nitrogen and oxygen atoms in total. The molecule has 0 saturated heterocycles. The van der Waals surface area contributed by atoms with E-state index in [0.717, 1.165) is 19.5 Å². The standard InChI is InChI=1S/C13H24N4/c1-17-9-7-12(16-17)6-8-15-13-5-3-2-4-11(13)10-14/h7,9,11,13,15H,2-6,8,10,14H2,1H3. The van der Waals surface area contributed by atoms with Crippen LogP contribution in [0.3, 0.4) is 0 Å². The lowest BCUT2D eigenvalue weighted by molar-refractivity contribution is 0.269. The van der Waals surface area contributed by atoms with Crippen LogP contribution < -0.4 is 11.1 Å². The zero-order valence-corrected chi connectivity index (χ0v) is 10.7. The molecule has 1 aliphatic rings. The van der Waals surface area contributed by atoms with Crippen molar-refractivity contribution in [1.29, 1.82) is 0 Å². The molecule has 2 atom stereocenters. The fourth-order valence-corrected chi connectivity index (χ4v) is 2.74. The van der Waals surface area contributed by atoms with E-state index in [-0.39, 0.29) is 0 Å². The molecule has 2 unspecified atom stereocenters. The Kier molecular flexibility index (Phi) is 4.57. The number of nitrogens with one attached hydrogen (secondary N) is 1. The summed E-state index contributed by atoms with van der Waals surface area (Å²) >= 11 is 0. The third kappa shape index (κ3) is 3.54. The zero-order valence-electron chi connectivity index (χ0n) is 10.7. The Morgan fingerprint density at radius 2 is 2.29 bits per heavy atom. The van der Waals surface area contributed by atoms with Crippen molar-refractivity contribution in [2.24, 2.45) is 18.7 Å². The number of hydrogen-bond donors (Lipinski definition) is 2. The minimum absolute atomic E-state index is 0.623. The summed E-state index contributed by atoms with van der Waals surface area (Å²) in [5.41, 5.74) is 6.99. The maximum absolute atomic E-state index is 5.82. The molecular weight excluding hydrogens is 212 g/mol. The SMILES string of the molecule is Cn1ccc(CCNC2CCCCC2CN)n1. The van der Waals surface area contributed by atoms with Crippen LogP contribution in [0, 0.1) is 5.92 Å². The Bertz CT molecular complexity index is 334. The van der Waals surface area contributed by atoms with Crippen LogP contribution in [0.15, 0.2) is 12.3 Å². The third-order valence-electron chi connectivity index (χ3n) is 3.77. The number of aromatic nitrogens is 2. The van der Waals surface area contributed by atoms with Gasteiger partial charge in [-0.05, 0) is 31.4 Å². The van der Waals surface area contributed by atoms with Crippen molar-refractivity contribution in [3.05, 3.63) is 18.0 Å². The topological polar surface area (TPSA) is 55.9 Å².